The van der Waals surface area contributed by atoms with Gasteiger partial charge in [-0.25, -0.2) is 4.79 Å². The van der Waals surface area contributed by atoms with Crippen LogP contribution in [0.15, 0.2) is 48.7 Å². The molecule has 25 heavy (non-hydrogen) atoms. The standard InChI is InChI=1S/C19H17ClN2O3/c1-2-9-25-14-6-4-13(5-7-14)22-18-15-10-12(20)3-8-17(15)21-11-16(18)19(23)24/h3-8,10-11H,2,9H2,1H3,(H,21,22)(H,23,24). The van der Waals surface area contributed by atoms with Gasteiger partial charge in [-0.05, 0) is 48.9 Å². The summed E-state index contributed by atoms with van der Waals surface area (Å²) in [6, 6.07) is 12.6. The number of pyridine rings is 1. The first-order chi connectivity index (χ1) is 12.1. The van der Waals surface area contributed by atoms with Gasteiger partial charge in [-0.1, -0.05) is 18.5 Å². The summed E-state index contributed by atoms with van der Waals surface area (Å²) in [6.45, 7) is 2.70. The highest BCUT2D eigenvalue weighted by atomic mass is 35.5. The van der Waals surface area contributed by atoms with Gasteiger partial charge in [-0.15, -0.1) is 0 Å². The maximum Gasteiger partial charge on any atom is 0.339 e. The lowest BCUT2D eigenvalue weighted by Gasteiger charge is -2.13. The Morgan fingerprint density at radius 3 is 2.68 bits per heavy atom. The number of halogens is 1. The van der Waals surface area contributed by atoms with Gasteiger partial charge < -0.3 is 15.2 Å². The smallest absolute Gasteiger partial charge is 0.339 e. The molecule has 0 saturated heterocycles. The Balaban J connectivity index is 2.00. The van der Waals surface area contributed by atoms with Gasteiger partial charge in [0.15, 0.2) is 0 Å². The number of hydrogen-bond acceptors (Lipinski definition) is 4. The van der Waals surface area contributed by atoms with Crippen molar-refractivity contribution in [2.24, 2.45) is 0 Å². The molecule has 0 aliphatic heterocycles. The fourth-order valence-electron chi connectivity index (χ4n) is 2.46. The molecule has 128 valence electrons. The summed E-state index contributed by atoms with van der Waals surface area (Å²) in [5.41, 5.74) is 1.96. The zero-order valence-corrected chi connectivity index (χ0v) is 14.4. The summed E-state index contributed by atoms with van der Waals surface area (Å²) in [5.74, 6) is -0.284. The van der Waals surface area contributed by atoms with Crippen LogP contribution in [0.1, 0.15) is 23.7 Å². The highest BCUT2D eigenvalue weighted by Gasteiger charge is 2.15. The van der Waals surface area contributed by atoms with Crippen LogP contribution in [0.4, 0.5) is 11.4 Å². The number of fused-ring (bicyclic) bond motifs is 1. The number of carboxylic acids is 1. The number of anilines is 2. The zero-order valence-electron chi connectivity index (χ0n) is 13.6. The Morgan fingerprint density at radius 2 is 2.00 bits per heavy atom. The summed E-state index contributed by atoms with van der Waals surface area (Å²) < 4.78 is 5.56. The molecule has 0 atom stereocenters. The lowest BCUT2D eigenvalue weighted by Crippen LogP contribution is -2.05. The highest BCUT2D eigenvalue weighted by Crippen LogP contribution is 2.31. The van der Waals surface area contributed by atoms with E-state index in [-0.39, 0.29) is 5.56 Å². The van der Waals surface area contributed by atoms with Crippen LogP contribution in [0, 0.1) is 0 Å². The first-order valence-corrected chi connectivity index (χ1v) is 8.27. The third-order valence-electron chi connectivity index (χ3n) is 3.66. The van der Waals surface area contributed by atoms with E-state index in [1.807, 2.05) is 31.2 Å². The fraction of sp³-hybridized carbons (Fsp3) is 0.158. The SMILES string of the molecule is CCCOc1ccc(Nc2c(C(=O)O)cnc3ccc(Cl)cc23)cc1. The highest BCUT2D eigenvalue weighted by molar-refractivity contribution is 6.31. The topological polar surface area (TPSA) is 71.5 Å². The number of hydrogen-bond donors (Lipinski definition) is 2. The van der Waals surface area contributed by atoms with Gasteiger partial charge >= 0.3 is 5.97 Å². The number of carbonyl (C=O) groups is 1. The summed E-state index contributed by atoms with van der Waals surface area (Å²) in [5, 5.41) is 13.8. The van der Waals surface area contributed by atoms with Crippen LogP contribution in [-0.2, 0) is 0 Å². The Labute approximate surface area is 150 Å². The Kier molecular flexibility index (Phi) is 5.05. The number of nitrogens with one attached hydrogen (secondary N) is 1. The molecule has 0 saturated carbocycles. The Bertz CT molecular complexity index is 910. The molecular formula is C19H17ClN2O3. The molecular weight excluding hydrogens is 340 g/mol. The molecule has 0 radical (unpaired) electrons. The molecule has 2 N–H and O–H groups in total. The van der Waals surface area contributed by atoms with Crippen molar-refractivity contribution in [1.29, 1.82) is 0 Å². The molecule has 0 bridgehead atoms. The molecule has 2 aromatic carbocycles. The lowest BCUT2D eigenvalue weighted by atomic mass is 10.1. The Hall–Kier alpha value is -2.79. The second-order valence-corrected chi connectivity index (χ2v) is 5.95. The lowest BCUT2D eigenvalue weighted by molar-refractivity contribution is 0.0697. The first kappa shape index (κ1) is 17.0. The van der Waals surface area contributed by atoms with Crippen LogP contribution < -0.4 is 10.1 Å². The normalized spacial score (nSPS) is 10.6. The molecule has 1 aromatic heterocycles. The van der Waals surface area contributed by atoms with E-state index in [4.69, 9.17) is 16.3 Å². The summed E-state index contributed by atoms with van der Waals surface area (Å²) in [6.07, 6.45) is 2.28. The van der Waals surface area contributed by atoms with E-state index in [1.54, 1.807) is 18.2 Å². The van der Waals surface area contributed by atoms with Gasteiger partial charge in [0.05, 0.1) is 17.8 Å². The first-order valence-electron chi connectivity index (χ1n) is 7.90. The minimum absolute atomic E-state index is 0.0843. The average molecular weight is 357 g/mol. The van der Waals surface area contributed by atoms with Crippen LogP contribution >= 0.6 is 11.6 Å². The van der Waals surface area contributed by atoms with Crippen LogP contribution in [0.25, 0.3) is 10.9 Å². The van der Waals surface area contributed by atoms with Crippen molar-refractivity contribution in [3.05, 3.63) is 59.2 Å². The van der Waals surface area contributed by atoms with Gasteiger partial charge in [0.2, 0.25) is 0 Å². The number of nitrogens with zero attached hydrogens (tertiary/aromatic N) is 1. The van der Waals surface area contributed by atoms with Crippen molar-refractivity contribution >= 4 is 39.8 Å². The number of benzene rings is 2. The molecule has 1 heterocycles. The van der Waals surface area contributed by atoms with Gasteiger partial charge in [-0.3, -0.25) is 4.98 Å². The summed E-state index contributed by atoms with van der Waals surface area (Å²) in [4.78, 5) is 15.8. The van der Waals surface area contributed by atoms with Crippen LogP contribution in [-0.4, -0.2) is 22.7 Å². The van der Waals surface area contributed by atoms with Crippen molar-refractivity contribution in [2.75, 3.05) is 11.9 Å². The van der Waals surface area contributed by atoms with Crippen molar-refractivity contribution in [3.63, 3.8) is 0 Å². The summed E-state index contributed by atoms with van der Waals surface area (Å²) in [7, 11) is 0. The number of rotatable bonds is 6. The maximum absolute atomic E-state index is 11.6. The number of ether oxygens (including phenoxy) is 1. The molecule has 5 nitrogen and oxygen atoms in total. The monoisotopic (exact) mass is 356 g/mol. The maximum atomic E-state index is 11.6. The molecule has 6 heteroatoms. The van der Waals surface area contributed by atoms with Gasteiger partial charge in [0.25, 0.3) is 0 Å². The third-order valence-corrected chi connectivity index (χ3v) is 3.89. The van der Waals surface area contributed by atoms with Crippen molar-refractivity contribution in [3.8, 4) is 5.75 Å². The molecule has 0 unspecified atom stereocenters. The summed E-state index contributed by atoms with van der Waals surface area (Å²) >= 11 is 6.08. The molecule has 0 spiro atoms. The van der Waals surface area contributed by atoms with E-state index in [0.29, 0.717) is 28.2 Å². The van der Waals surface area contributed by atoms with E-state index >= 15 is 0 Å². The largest absolute Gasteiger partial charge is 0.494 e. The minimum Gasteiger partial charge on any atom is -0.494 e. The van der Waals surface area contributed by atoms with E-state index in [0.717, 1.165) is 17.9 Å². The second-order valence-electron chi connectivity index (χ2n) is 5.51. The van der Waals surface area contributed by atoms with Crippen molar-refractivity contribution in [2.45, 2.75) is 13.3 Å². The van der Waals surface area contributed by atoms with Gasteiger partial charge in [0.1, 0.15) is 11.3 Å². The predicted octanol–water partition coefficient (Wildman–Crippen LogP) is 5.12. The Morgan fingerprint density at radius 1 is 1.24 bits per heavy atom. The third kappa shape index (κ3) is 3.83. The van der Waals surface area contributed by atoms with Crippen LogP contribution in [0.2, 0.25) is 5.02 Å². The predicted molar refractivity (Wildman–Crippen MR) is 99.2 cm³/mol. The van der Waals surface area contributed by atoms with Gasteiger partial charge in [-0.2, -0.15) is 0 Å². The van der Waals surface area contributed by atoms with E-state index in [1.165, 1.54) is 6.20 Å². The minimum atomic E-state index is -1.06. The van der Waals surface area contributed by atoms with Gasteiger partial charge in [0, 0.05) is 22.3 Å². The average Bonchev–Trinajstić information content (AvgIpc) is 2.61. The van der Waals surface area contributed by atoms with E-state index in [2.05, 4.69) is 10.3 Å². The molecule has 0 fully saturated rings. The van der Waals surface area contributed by atoms with E-state index < -0.39 is 5.97 Å². The number of aromatic nitrogens is 1. The quantitative estimate of drug-likeness (QED) is 0.641. The molecule has 0 aliphatic carbocycles. The molecule has 0 aliphatic rings. The van der Waals surface area contributed by atoms with E-state index in [9.17, 15) is 9.90 Å². The van der Waals surface area contributed by atoms with Crippen molar-refractivity contribution in [1.82, 2.24) is 4.98 Å². The number of carboxylic acid groups (broad SMARTS) is 1. The molecule has 3 rings (SSSR count). The molecule has 0 amide bonds. The zero-order chi connectivity index (χ0) is 17.8. The number of aromatic carboxylic acids is 1. The van der Waals surface area contributed by atoms with Crippen LogP contribution in [0.3, 0.4) is 0 Å². The van der Waals surface area contributed by atoms with Crippen LogP contribution in [0.5, 0.6) is 5.75 Å². The fourth-order valence-corrected chi connectivity index (χ4v) is 2.63. The van der Waals surface area contributed by atoms with Crippen molar-refractivity contribution < 1.29 is 14.6 Å². The second kappa shape index (κ2) is 7.40. The molecule has 3 aromatic rings.